The molecule has 0 saturated heterocycles. The Kier molecular flexibility index (Phi) is 13.0. The highest BCUT2D eigenvalue weighted by molar-refractivity contribution is 6.12. The van der Waals surface area contributed by atoms with Crippen LogP contribution in [0, 0.1) is 0 Å². The van der Waals surface area contributed by atoms with Crippen molar-refractivity contribution in [2.75, 3.05) is 30.4 Å². The standard InChI is InChI=1S/C39H45N3O4/c1-4-6-7-8-14-26-40-39(45)42(3)33-19-15-18-32(28-33)30-24-22-29(23-25-30)27-36(38(44)46-5-2)41-35-21-13-12-20-34(35)37(43)31-16-10-9-11-17-31/h9-13,15-25,28,36,41H,4-8,14,26-27H2,1-3H3,(H,40,45). The van der Waals surface area contributed by atoms with Gasteiger partial charge in [-0.1, -0.05) is 111 Å². The third kappa shape index (κ3) is 9.54. The summed E-state index contributed by atoms with van der Waals surface area (Å²) in [6.45, 7) is 4.89. The van der Waals surface area contributed by atoms with Crippen LogP contribution in [0.5, 0.6) is 0 Å². The number of unbranched alkanes of at least 4 members (excludes halogenated alkanes) is 4. The number of hydrogen-bond acceptors (Lipinski definition) is 5. The summed E-state index contributed by atoms with van der Waals surface area (Å²) in [5.41, 5.74) is 5.37. The number of rotatable bonds is 16. The van der Waals surface area contributed by atoms with Crippen LogP contribution in [0.1, 0.15) is 67.4 Å². The number of amides is 2. The van der Waals surface area contributed by atoms with Gasteiger partial charge in [-0.3, -0.25) is 9.69 Å². The molecule has 4 aromatic rings. The van der Waals surface area contributed by atoms with Crippen LogP contribution in [-0.2, 0) is 16.0 Å². The van der Waals surface area contributed by atoms with Crippen molar-refractivity contribution in [2.45, 2.75) is 58.4 Å². The van der Waals surface area contributed by atoms with E-state index in [0.29, 0.717) is 29.8 Å². The monoisotopic (exact) mass is 619 g/mol. The molecule has 7 nitrogen and oxygen atoms in total. The van der Waals surface area contributed by atoms with E-state index < -0.39 is 6.04 Å². The summed E-state index contributed by atoms with van der Waals surface area (Å²) in [5, 5.41) is 6.32. The van der Waals surface area contributed by atoms with E-state index in [4.69, 9.17) is 4.74 Å². The zero-order valence-corrected chi connectivity index (χ0v) is 27.1. The quantitative estimate of drug-likeness (QED) is 0.0749. The summed E-state index contributed by atoms with van der Waals surface area (Å²) in [7, 11) is 1.78. The summed E-state index contributed by atoms with van der Waals surface area (Å²) < 4.78 is 5.40. The summed E-state index contributed by atoms with van der Waals surface area (Å²) >= 11 is 0. The van der Waals surface area contributed by atoms with Crippen LogP contribution in [0.15, 0.2) is 103 Å². The molecule has 0 aliphatic carbocycles. The normalized spacial score (nSPS) is 11.4. The number of anilines is 2. The van der Waals surface area contributed by atoms with Crippen LogP contribution in [0.25, 0.3) is 11.1 Å². The molecule has 1 unspecified atom stereocenters. The van der Waals surface area contributed by atoms with Crippen LogP contribution < -0.4 is 15.5 Å². The Bertz CT molecular complexity index is 1570. The van der Waals surface area contributed by atoms with Gasteiger partial charge in [0.2, 0.25) is 0 Å². The second-order valence-electron chi connectivity index (χ2n) is 11.3. The molecule has 0 heterocycles. The van der Waals surface area contributed by atoms with Crippen LogP contribution >= 0.6 is 0 Å². The number of ketones is 1. The lowest BCUT2D eigenvalue weighted by atomic mass is 9.98. The van der Waals surface area contributed by atoms with Gasteiger partial charge in [0.15, 0.2) is 5.78 Å². The van der Waals surface area contributed by atoms with Gasteiger partial charge in [0.05, 0.1) is 6.61 Å². The van der Waals surface area contributed by atoms with Crippen LogP contribution in [0.3, 0.4) is 0 Å². The van der Waals surface area contributed by atoms with Crippen molar-refractivity contribution in [3.05, 3.63) is 120 Å². The topological polar surface area (TPSA) is 87.7 Å². The highest BCUT2D eigenvalue weighted by atomic mass is 16.5. The Balaban J connectivity index is 1.44. The fourth-order valence-electron chi connectivity index (χ4n) is 5.30. The van der Waals surface area contributed by atoms with Crippen molar-refractivity contribution in [1.82, 2.24) is 5.32 Å². The maximum atomic E-state index is 13.3. The van der Waals surface area contributed by atoms with Gasteiger partial charge in [-0.25, -0.2) is 9.59 Å². The summed E-state index contributed by atoms with van der Waals surface area (Å²) in [4.78, 5) is 40.7. The molecule has 0 fully saturated rings. The Morgan fingerprint density at radius 3 is 2.22 bits per heavy atom. The van der Waals surface area contributed by atoms with Crippen LogP contribution in [0.4, 0.5) is 16.2 Å². The van der Waals surface area contributed by atoms with Gasteiger partial charge in [0.25, 0.3) is 0 Å². The lowest BCUT2D eigenvalue weighted by molar-refractivity contribution is -0.144. The van der Waals surface area contributed by atoms with Gasteiger partial charge >= 0.3 is 12.0 Å². The zero-order valence-electron chi connectivity index (χ0n) is 27.1. The van der Waals surface area contributed by atoms with E-state index in [1.54, 1.807) is 37.1 Å². The average Bonchev–Trinajstić information content (AvgIpc) is 3.10. The van der Waals surface area contributed by atoms with Crippen molar-refractivity contribution in [3.8, 4) is 11.1 Å². The van der Waals surface area contributed by atoms with Crippen molar-refractivity contribution >= 4 is 29.2 Å². The third-order valence-electron chi connectivity index (χ3n) is 7.93. The smallest absolute Gasteiger partial charge is 0.328 e. The molecule has 4 aromatic carbocycles. The minimum atomic E-state index is -0.697. The molecule has 4 rings (SSSR count). The predicted octanol–water partition coefficient (Wildman–Crippen LogP) is 8.29. The van der Waals surface area contributed by atoms with Gasteiger partial charge in [-0.2, -0.15) is 0 Å². The first-order valence-electron chi connectivity index (χ1n) is 16.2. The number of esters is 1. The Labute approximate surface area is 273 Å². The lowest BCUT2D eigenvalue weighted by Gasteiger charge is -2.21. The van der Waals surface area contributed by atoms with E-state index in [2.05, 4.69) is 17.6 Å². The zero-order chi connectivity index (χ0) is 32.7. The first-order chi connectivity index (χ1) is 22.4. The van der Waals surface area contributed by atoms with Gasteiger partial charge in [0.1, 0.15) is 6.04 Å². The van der Waals surface area contributed by atoms with Gasteiger partial charge in [0, 0.05) is 42.5 Å². The van der Waals surface area contributed by atoms with E-state index in [1.165, 1.54) is 19.3 Å². The fraction of sp³-hybridized carbons (Fsp3) is 0.308. The number of urea groups is 1. The molecule has 0 saturated carbocycles. The predicted molar refractivity (Wildman–Crippen MR) is 187 cm³/mol. The van der Waals surface area contributed by atoms with E-state index in [0.717, 1.165) is 35.2 Å². The lowest BCUT2D eigenvalue weighted by Crippen LogP contribution is -2.37. The molecule has 46 heavy (non-hydrogen) atoms. The van der Waals surface area contributed by atoms with Crippen LogP contribution in [-0.4, -0.2) is 44.0 Å². The highest BCUT2D eigenvalue weighted by Gasteiger charge is 2.23. The number of benzene rings is 4. The molecule has 0 aliphatic heterocycles. The van der Waals surface area contributed by atoms with Crippen molar-refractivity contribution in [1.29, 1.82) is 0 Å². The third-order valence-corrected chi connectivity index (χ3v) is 7.93. The first-order valence-corrected chi connectivity index (χ1v) is 16.2. The molecule has 7 heteroatoms. The molecule has 240 valence electrons. The number of nitrogens with zero attached hydrogens (tertiary/aromatic N) is 1. The number of carbonyl (C=O) groups is 3. The number of ether oxygens (including phenoxy) is 1. The molecular weight excluding hydrogens is 574 g/mol. The SMILES string of the molecule is CCCCCCCNC(=O)N(C)c1cccc(-c2ccc(CC(Nc3ccccc3C(=O)c3ccccc3)C(=O)OCC)cc2)c1. The number of hydrogen-bond donors (Lipinski definition) is 2. The Hall–Kier alpha value is -4.91. The molecule has 0 spiro atoms. The second kappa shape index (κ2) is 17.5. The molecule has 1 atom stereocenters. The Morgan fingerprint density at radius 1 is 0.761 bits per heavy atom. The van der Waals surface area contributed by atoms with E-state index >= 15 is 0 Å². The minimum absolute atomic E-state index is 0.118. The maximum absolute atomic E-state index is 13.3. The van der Waals surface area contributed by atoms with E-state index in [-0.39, 0.29) is 24.4 Å². The number of para-hydroxylation sites is 1. The number of nitrogens with one attached hydrogen (secondary N) is 2. The minimum Gasteiger partial charge on any atom is -0.464 e. The summed E-state index contributed by atoms with van der Waals surface area (Å²) in [5.74, 6) is -0.507. The molecule has 2 amide bonds. The molecular formula is C39H45N3O4. The van der Waals surface area contributed by atoms with Gasteiger partial charge in [-0.15, -0.1) is 0 Å². The van der Waals surface area contributed by atoms with Gasteiger partial charge in [-0.05, 0) is 54.3 Å². The van der Waals surface area contributed by atoms with E-state index in [1.807, 2.05) is 84.9 Å². The highest BCUT2D eigenvalue weighted by Crippen LogP contribution is 2.26. The van der Waals surface area contributed by atoms with Gasteiger partial charge < -0.3 is 15.4 Å². The number of carbonyl (C=O) groups excluding carboxylic acids is 3. The largest absolute Gasteiger partial charge is 0.464 e. The van der Waals surface area contributed by atoms with Crippen LogP contribution in [0.2, 0.25) is 0 Å². The average molecular weight is 620 g/mol. The molecule has 0 bridgehead atoms. The summed E-state index contributed by atoms with van der Waals surface area (Å²) in [6, 6.07) is 31.4. The van der Waals surface area contributed by atoms with Crippen molar-refractivity contribution in [2.24, 2.45) is 0 Å². The summed E-state index contributed by atoms with van der Waals surface area (Å²) in [6.07, 6.45) is 6.11. The molecule has 0 aromatic heterocycles. The van der Waals surface area contributed by atoms with E-state index in [9.17, 15) is 14.4 Å². The molecule has 0 aliphatic rings. The fourth-order valence-corrected chi connectivity index (χ4v) is 5.30. The maximum Gasteiger partial charge on any atom is 0.328 e. The first kappa shape index (κ1) is 34.0. The second-order valence-corrected chi connectivity index (χ2v) is 11.3. The van der Waals surface area contributed by atoms with Crippen molar-refractivity contribution in [3.63, 3.8) is 0 Å². The molecule has 0 radical (unpaired) electrons. The molecule has 2 N–H and O–H groups in total. The Morgan fingerprint density at radius 2 is 1.48 bits per heavy atom. The van der Waals surface area contributed by atoms with Crippen molar-refractivity contribution < 1.29 is 19.1 Å².